The zero-order valence-corrected chi connectivity index (χ0v) is 10.2. The maximum atomic E-state index is 13.5. The minimum absolute atomic E-state index is 0.186. The lowest BCUT2D eigenvalue weighted by Gasteiger charge is -2.09. The lowest BCUT2D eigenvalue weighted by atomic mass is 10.1. The second-order valence-electron chi connectivity index (χ2n) is 3.80. The number of aromatic nitrogens is 3. The third kappa shape index (κ3) is 2.71. The summed E-state index contributed by atoms with van der Waals surface area (Å²) in [6, 6.07) is 1.89. The van der Waals surface area contributed by atoms with Crippen LogP contribution in [0.2, 0.25) is 0 Å². The van der Waals surface area contributed by atoms with Gasteiger partial charge in [-0.25, -0.2) is 9.37 Å². The van der Waals surface area contributed by atoms with Gasteiger partial charge in [0.05, 0.1) is 6.20 Å². The van der Waals surface area contributed by atoms with Gasteiger partial charge in [0.25, 0.3) is 0 Å². The summed E-state index contributed by atoms with van der Waals surface area (Å²) >= 11 is 0. The van der Waals surface area contributed by atoms with Gasteiger partial charge in [-0.3, -0.25) is 4.98 Å². The van der Waals surface area contributed by atoms with Crippen LogP contribution in [0.5, 0.6) is 0 Å². The molecule has 0 radical (unpaired) electrons. The highest BCUT2D eigenvalue weighted by atomic mass is 19.1. The van der Waals surface area contributed by atoms with Crippen molar-refractivity contribution in [2.24, 2.45) is 0 Å². The van der Waals surface area contributed by atoms with Gasteiger partial charge < -0.3 is 10.6 Å². The molecule has 2 aromatic rings. The van der Waals surface area contributed by atoms with Crippen molar-refractivity contribution in [1.82, 2.24) is 15.0 Å². The van der Waals surface area contributed by atoms with Crippen LogP contribution in [0.3, 0.4) is 0 Å². The van der Waals surface area contributed by atoms with E-state index in [4.69, 9.17) is 0 Å². The SMILES string of the molecule is CNc1ncc(F)c(NCc2ccncc2C)n1. The first-order valence-corrected chi connectivity index (χ1v) is 5.54. The number of rotatable bonds is 4. The number of anilines is 2. The van der Waals surface area contributed by atoms with E-state index in [9.17, 15) is 4.39 Å². The molecule has 2 heterocycles. The predicted molar refractivity (Wildman–Crippen MR) is 67.8 cm³/mol. The van der Waals surface area contributed by atoms with Crippen LogP contribution < -0.4 is 10.6 Å². The van der Waals surface area contributed by atoms with Crippen molar-refractivity contribution in [3.05, 3.63) is 41.6 Å². The van der Waals surface area contributed by atoms with Crippen molar-refractivity contribution in [3.63, 3.8) is 0 Å². The molecule has 0 aromatic carbocycles. The van der Waals surface area contributed by atoms with Crippen LogP contribution in [0.25, 0.3) is 0 Å². The Kier molecular flexibility index (Phi) is 3.66. The van der Waals surface area contributed by atoms with E-state index in [2.05, 4.69) is 25.6 Å². The average molecular weight is 247 g/mol. The molecule has 0 atom stereocenters. The molecular weight excluding hydrogens is 233 g/mol. The Hall–Kier alpha value is -2.24. The van der Waals surface area contributed by atoms with Gasteiger partial charge in [0, 0.05) is 26.0 Å². The number of nitrogens with one attached hydrogen (secondary N) is 2. The summed E-state index contributed by atoms with van der Waals surface area (Å²) in [5, 5.41) is 5.72. The monoisotopic (exact) mass is 247 g/mol. The van der Waals surface area contributed by atoms with E-state index in [0.29, 0.717) is 12.5 Å². The summed E-state index contributed by atoms with van der Waals surface area (Å²) in [6.45, 7) is 2.45. The van der Waals surface area contributed by atoms with Gasteiger partial charge >= 0.3 is 0 Å². The van der Waals surface area contributed by atoms with Crippen molar-refractivity contribution in [2.45, 2.75) is 13.5 Å². The first kappa shape index (κ1) is 12.2. The zero-order chi connectivity index (χ0) is 13.0. The van der Waals surface area contributed by atoms with Gasteiger partial charge in [0.1, 0.15) is 0 Å². The fraction of sp³-hybridized carbons (Fsp3) is 0.250. The Balaban J connectivity index is 2.13. The molecule has 18 heavy (non-hydrogen) atoms. The van der Waals surface area contributed by atoms with Crippen LogP contribution in [0.1, 0.15) is 11.1 Å². The number of nitrogens with zero attached hydrogens (tertiary/aromatic N) is 3. The van der Waals surface area contributed by atoms with Crippen LogP contribution in [0.15, 0.2) is 24.7 Å². The number of aryl methyl sites for hydroxylation is 1. The molecule has 0 aliphatic carbocycles. The van der Waals surface area contributed by atoms with Gasteiger partial charge in [0.15, 0.2) is 11.6 Å². The van der Waals surface area contributed by atoms with Crippen molar-refractivity contribution >= 4 is 11.8 Å². The second-order valence-corrected chi connectivity index (χ2v) is 3.80. The summed E-state index contributed by atoms with van der Waals surface area (Å²) < 4.78 is 13.5. The van der Waals surface area contributed by atoms with E-state index in [1.54, 1.807) is 19.4 Å². The fourth-order valence-electron chi connectivity index (χ4n) is 1.49. The molecule has 94 valence electrons. The Morgan fingerprint density at radius 3 is 2.89 bits per heavy atom. The quantitative estimate of drug-likeness (QED) is 0.865. The van der Waals surface area contributed by atoms with E-state index in [-0.39, 0.29) is 5.82 Å². The normalized spacial score (nSPS) is 10.2. The Bertz CT molecular complexity index is 544. The van der Waals surface area contributed by atoms with Crippen LogP contribution in [0, 0.1) is 12.7 Å². The van der Waals surface area contributed by atoms with Crippen molar-refractivity contribution in [1.29, 1.82) is 0 Å². The Labute approximate surface area is 105 Å². The Morgan fingerprint density at radius 1 is 1.33 bits per heavy atom. The molecular formula is C12H14FN5. The lowest BCUT2D eigenvalue weighted by molar-refractivity contribution is 0.617. The molecule has 2 N–H and O–H groups in total. The minimum atomic E-state index is -0.472. The number of hydrogen-bond acceptors (Lipinski definition) is 5. The van der Waals surface area contributed by atoms with Crippen LogP contribution >= 0.6 is 0 Å². The molecule has 0 aliphatic rings. The fourth-order valence-corrected chi connectivity index (χ4v) is 1.49. The lowest BCUT2D eigenvalue weighted by Crippen LogP contribution is -2.07. The highest BCUT2D eigenvalue weighted by Gasteiger charge is 2.06. The van der Waals surface area contributed by atoms with Gasteiger partial charge in [-0.1, -0.05) is 0 Å². The smallest absolute Gasteiger partial charge is 0.224 e. The summed E-state index contributed by atoms with van der Waals surface area (Å²) in [5.41, 5.74) is 2.10. The topological polar surface area (TPSA) is 62.7 Å². The number of hydrogen-bond donors (Lipinski definition) is 2. The number of halogens is 1. The van der Waals surface area contributed by atoms with Crippen LogP contribution in [0.4, 0.5) is 16.2 Å². The summed E-state index contributed by atoms with van der Waals surface area (Å²) in [5.74, 6) is 0.0941. The van der Waals surface area contributed by atoms with E-state index in [1.165, 1.54) is 0 Å². The first-order valence-electron chi connectivity index (χ1n) is 5.54. The van der Waals surface area contributed by atoms with Crippen molar-refractivity contribution in [3.8, 4) is 0 Å². The maximum Gasteiger partial charge on any atom is 0.224 e. The first-order chi connectivity index (χ1) is 8.70. The maximum absolute atomic E-state index is 13.5. The molecule has 0 spiro atoms. The summed E-state index contributed by atoms with van der Waals surface area (Å²) in [6.07, 6.45) is 4.62. The largest absolute Gasteiger partial charge is 0.363 e. The van der Waals surface area contributed by atoms with Gasteiger partial charge in [-0.2, -0.15) is 4.98 Å². The molecule has 0 saturated heterocycles. The van der Waals surface area contributed by atoms with Crippen LogP contribution in [-0.4, -0.2) is 22.0 Å². The molecule has 0 bridgehead atoms. The van der Waals surface area contributed by atoms with E-state index >= 15 is 0 Å². The molecule has 0 aliphatic heterocycles. The van der Waals surface area contributed by atoms with Gasteiger partial charge in [-0.05, 0) is 24.1 Å². The molecule has 0 fully saturated rings. The molecule has 0 amide bonds. The average Bonchev–Trinajstić information content (AvgIpc) is 2.39. The Morgan fingerprint density at radius 2 is 2.17 bits per heavy atom. The van der Waals surface area contributed by atoms with E-state index in [1.807, 2.05) is 13.0 Å². The summed E-state index contributed by atoms with van der Waals surface area (Å²) in [7, 11) is 1.68. The molecule has 2 rings (SSSR count). The molecule has 6 heteroatoms. The number of pyridine rings is 1. The van der Waals surface area contributed by atoms with E-state index < -0.39 is 5.82 Å². The van der Waals surface area contributed by atoms with E-state index in [0.717, 1.165) is 17.3 Å². The predicted octanol–water partition coefficient (Wildman–Crippen LogP) is 1.97. The third-order valence-corrected chi connectivity index (χ3v) is 2.55. The molecule has 5 nitrogen and oxygen atoms in total. The minimum Gasteiger partial charge on any atom is -0.363 e. The molecule has 2 aromatic heterocycles. The van der Waals surface area contributed by atoms with Gasteiger partial charge in [-0.15, -0.1) is 0 Å². The van der Waals surface area contributed by atoms with Crippen molar-refractivity contribution in [2.75, 3.05) is 17.7 Å². The summed E-state index contributed by atoms with van der Waals surface area (Å²) in [4.78, 5) is 11.8. The molecule has 0 unspecified atom stereocenters. The standard InChI is InChI=1S/C12H14FN5/c1-8-5-15-4-3-9(8)6-16-11-10(13)7-17-12(14-2)18-11/h3-5,7H,6H2,1-2H3,(H2,14,16,17,18). The highest BCUT2D eigenvalue weighted by molar-refractivity contribution is 5.41. The van der Waals surface area contributed by atoms with Crippen molar-refractivity contribution < 1.29 is 4.39 Å². The van der Waals surface area contributed by atoms with Crippen LogP contribution in [-0.2, 0) is 6.54 Å². The highest BCUT2D eigenvalue weighted by Crippen LogP contribution is 2.14. The third-order valence-electron chi connectivity index (χ3n) is 2.55. The zero-order valence-electron chi connectivity index (χ0n) is 10.2. The molecule has 0 saturated carbocycles. The van der Waals surface area contributed by atoms with Gasteiger partial charge in [0.2, 0.25) is 5.95 Å². The second kappa shape index (κ2) is 5.39.